The van der Waals surface area contributed by atoms with Gasteiger partial charge in [-0.15, -0.1) is 0 Å². The molecule has 0 amide bonds. The van der Waals surface area contributed by atoms with E-state index in [4.69, 9.17) is 17.0 Å². The number of carbonyl (C=O) groups excluding carboxylic acids is 1. The Hall–Kier alpha value is -1.99. The van der Waals surface area contributed by atoms with E-state index in [2.05, 4.69) is 29.1 Å². The monoisotopic (exact) mass is 374 g/mol. The van der Waals surface area contributed by atoms with Gasteiger partial charge in [0.05, 0.1) is 24.9 Å². The highest BCUT2D eigenvalue weighted by Gasteiger charge is 2.27. The molecule has 0 N–H and O–H groups in total. The van der Waals surface area contributed by atoms with Crippen LogP contribution in [0.3, 0.4) is 0 Å². The summed E-state index contributed by atoms with van der Waals surface area (Å²) in [6.07, 6.45) is 1.87. The molecule has 0 saturated carbocycles. The third-order valence-corrected chi connectivity index (χ3v) is 5.21. The molecular formula is C19H26N4O2S. The lowest BCUT2D eigenvalue weighted by molar-refractivity contribution is -0.150. The quantitative estimate of drug-likeness (QED) is 0.594. The summed E-state index contributed by atoms with van der Waals surface area (Å²) in [5, 5.41) is 4.65. The fourth-order valence-corrected chi connectivity index (χ4v) is 3.85. The van der Waals surface area contributed by atoms with Gasteiger partial charge in [0.15, 0.2) is 0 Å². The molecule has 0 radical (unpaired) electrons. The largest absolute Gasteiger partial charge is 0.466 e. The minimum Gasteiger partial charge on any atom is -0.466 e. The van der Waals surface area contributed by atoms with Crippen LogP contribution in [0.2, 0.25) is 0 Å². The predicted octanol–water partition coefficient (Wildman–Crippen LogP) is 3.25. The summed E-state index contributed by atoms with van der Waals surface area (Å²) in [6.45, 7) is 8.54. The van der Waals surface area contributed by atoms with E-state index in [1.54, 1.807) is 0 Å². The predicted molar refractivity (Wildman–Crippen MR) is 103 cm³/mol. The summed E-state index contributed by atoms with van der Waals surface area (Å²) in [4.78, 5) is 14.3. The van der Waals surface area contributed by atoms with Gasteiger partial charge in [-0.1, -0.05) is 18.2 Å². The van der Waals surface area contributed by atoms with E-state index in [0.29, 0.717) is 24.6 Å². The van der Waals surface area contributed by atoms with E-state index in [1.165, 1.54) is 0 Å². The highest BCUT2D eigenvalue weighted by molar-refractivity contribution is 7.71. The summed E-state index contributed by atoms with van der Waals surface area (Å²) in [7, 11) is 0. The number of piperidine rings is 1. The molecule has 0 aliphatic carbocycles. The van der Waals surface area contributed by atoms with Gasteiger partial charge in [-0.2, -0.15) is 5.10 Å². The molecule has 1 aliphatic heterocycles. The highest BCUT2D eigenvalue weighted by atomic mass is 32.1. The number of hydrogen-bond acceptors (Lipinski definition) is 5. The number of hydrogen-bond donors (Lipinski definition) is 0. The first-order chi connectivity index (χ1) is 12.5. The first-order valence-electron chi connectivity index (χ1n) is 9.12. The molecule has 1 aromatic carbocycles. The minimum absolute atomic E-state index is 0.0579. The van der Waals surface area contributed by atoms with Gasteiger partial charge in [-0.3, -0.25) is 14.3 Å². The third-order valence-electron chi connectivity index (χ3n) is 4.82. The second-order valence-electron chi connectivity index (χ2n) is 6.76. The third kappa shape index (κ3) is 3.88. The molecule has 1 fully saturated rings. The number of carbonyl (C=O) groups is 1. The van der Waals surface area contributed by atoms with Crippen LogP contribution in [0.15, 0.2) is 24.3 Å². The maximum atomic E-state index is 12.0. The van der Waals surface area contributed by atoms with E-state index < -0.39 is 0 Å². The molecule has 0 spiro atoms. The van der Waals surface area contributed by atoms with Crippen molar-refractivity contribution in [2.75, 3.05) is 19.7 Å². The number of likely N-dealkylation sites (tertiary alicyclic amines) is 1. The van der Waals surface area contributed by atoms with Gasteiger partial charge in [0, 0.05) is 6.54 Å². The van der Waals surface area contributed by atoms with Crippen molar-refractivity contribution in [3.05, 3.63) is 40.4 Å². The molecule has 7 heteroatoms. The van der Waals surface area contributed by atoms with Crippen molar-refractivity contribution in [1.82, 2.24) is 19.2 Å². The van der Waals surface area contributed by atoms with Crippen LogP contribution >= 0.6 is 12.2 Å². The lowest BCUT2D eigenvalue weighted by Gasteiger charge is -2.31. The van der Waals surface area contributed by atoms with E-state index in [1.807, 2.05) is 35.2 Å². The normalized spacial score (nSPS) is 18.0. The Bertz CT molecular complexity index is 842. The van der Waals surface area contributed by atoms with E-state index in [0.717, 1.165) is 36.5 Å². The number of aromatic nitrogens is 3. The Morgan fingerprint density at radius 2 is 2.12 bits per heavy atom. The number of aryl methyl sites for hydroxylation is 2. The lowest BCUT2D eigenvalue weighted by Crippen LogP contribution is -2.40. The van der Waals surface area contributed by atoms with E-state index >= 15 is 0 Å². The average Bonchev–Trinajstić information content (AvgIpc) is 2.90. The molecule has 1 aliphatic rings. The standard InChI is InChI=1S/C19H26N4O2S/c1-4-25-18(24)16-9-7-11-21(12-16)13-22-19(26)23(15(3)20-22)17-10-6-5-8-14(17)2/h5-6,8,10,16H,4,7,9,11-13H2,1-3H3/t16-/m0/s1. The Morgan fingerprint density at radius 3 is 2.85 bits per heavy atom. The summed E-state index contributed by atoms with van der Waals surface area (Å²) >= 11 is 5.69. The van der Waals surface area contributed by atoms with Gasteiger partial charge in [0.2, 0.25) is 4.77 Å². The fourth-order valence-electron chi connectivity index (χ4n) is 3.53. The number of benzene rings is 1. The molecule has 1 saturated heterocycles. The molecule has 0 unspecified atom stereocenters. The van der Waals surface area contributed by atoms with Crippen LogP contribution in [0.25, 0.3) is 5.69 Å². The van der Waals surface area contributed by atoms with Crippen molar-refractivity contribution >= 4 is 18.2 Å². The molecule has 6 nitrogen and oxygen atoms in total. The van der Waals surface area contributed by atoms with Crippen molar-refractivity contribution in [1.29, 1.82) is 0 Å². The Morgan fingerprint density at radius 1 is 1.35 bits per heavy atom. The topological polar surface area (TPSA) is 52.3 Å². The number of esters is 1. The number of rotatable bonds is 5. The zero-order valence-electron chi connectivity index (χ0n) is 15.6. The SMILES string of the molecule is CCOC(=O)[C@H]1CCCN(Cn2nc(C)n(-c3ccccc3C)c2=S)C1. The molecular weight excluding hydrogens is 348 g/mol. The Labute approximate surface area is 159 Å². The van der Waals surface area contributed by atoms with E-state index in [-0.39, 0.29) is 11.9 Å². The van der Waals surface area contributed by atoms with Crippen LogP contribution in [0.4, 0.5) is 0 Å². The van der Waals surface area contributed by atoms with Crippen LogP contribution in [0.5, 0.6) is 0 Å². The van der Waals surface area contributed by atoms with E-state index in [9.17, 15) is 4.79 Å². The molecule has 2 aromatic rings. The zero-order chi connectivity index (χ0) is 18.7. The van der Waals surface area contributed by atoms with Crippen molar-refractivity contribution in [2.45, 2.75) is 40.3 Å². The van der Waals surface area contributed by atoms with Crippen molar-refractivity contribution in [3.8, 4) is 5.69 Å². The van der Waals surface area contributed by atoms with Gasteiger partial charge in [-0.05, 0) is 64.0 Å². The molecule has 0 bridgehead atoms. The maximum Gasteiger partial charge on any atom is 0.310 e. The smallest absolute Gasteiger partial charge is 0.310 e. The fraction of sp³-hybridized carbons (Fsp3) is 0.526. The second-order valence-corrected chi connectivity index (χ2v) is 7.13. The highest BCUT2D eigenvalue weighted by Crippen LogP contribution is 2.20. The van der Waals surface area contributed by atoms with Gasteiger partial charge in [0.1, 0.15) is 5.82 Å². The van der Waals surface area contributed by atoms with Crippen LogP contribution in [-0.2, 0) is 16.2 Å². The number of nitrogens with zero attached hydrogens (tertiary/aromatic N) is 4. The minimum atomic E-state index is -0.0950. The molecule has 2 heterocycles. The van der Waals surface area contributed by atoms with Crippen LogP contribution in [-0.4, -0.2) is 44.9 Å². The van der Waals surface area contributed by atoms with Crippen LogP contribution in [0.1, 0.15) is 31.2 Å². The Balaban J connectivity index is 1.79. The lowest BCUT2D eigenvalue weighted by atomic mass is 9.99. The van der Waals surface area contributed by atoms with Gasteiger partial charge >= 0.3 is 5.97 Å². The number of ether oxygens (including phenoxy) is 1. The van der Waals surface area contributed by atoms with Crippen LogP contribution < -0.4 is 0 Å². The summed E-state index contributed by atoms with van der Waals surface area (Å²) in [5.74, 6) is 0.711. The molecule has 3 rings (SSSR count). The van der Waals surface area contributed by atoms with Gasteiger partial charge < -0.3 is 4.74 Å². The van der Waals surface area contributed by atoms with Gasteiger partial charge in [-0.25, -0.2) is 4.68 Å². The molecule has 1 atom stereocenters. The summed E-state index contributed by atoms with van der Waals surface area (Å²) < 4.78 is 9.72. The number of para-hydroxylation sites is 1. The summed E-state index contributed by atoms with van der Waals surface area (Å²) in [6, 6.07) is 8.16. The zero-order valence-corrected chi connectivity index (χ0v) is 16.5. The summed E-state index contributed by atoms with van der Waals surface area (Å²) in [5.41, 5.74) is 2.22. The van der Waals surface area contributed by atoms with Crippen LogP contribution in [0, 0.1) is 24.5 Å². The first-order valence-corrected chi connectivity index (χ1v) is 9.53. The van der Waals surface area contributed by atoms with Crippen molar-refractivity contribution < 1.29 is 9.53 Å². The molecule has 26 heavy (non-hydrogen) atoms. The van der Waals surface area contributed by atoms with Crippen molar-refractivity contribution in [2.24, 2.45) is 5.92 Å². The second kappa shape index (κ2) is 8.14. The van der Waals surface area contributed by atoms with Gasteiger partial charge in [0.25, 0.3) is 0 Å². The maximum absolute atomic E-state index is 12.0. The van der Waals surface area contributed by atoms with Crippen molar-refractivity contribution in [3.63, 3.8) is 0 Å². The average molecular weight is 375 g/mol. The first kappa shape index (κ1) is 18.8. The molecule has 140 valence electrons. The molecule has 1 aromatic heterocycles. The Kier molecular flexibility index (Phi) is 5.88.